The second kappa shape index (κ2) is 5.17. The molecule has 1 heterocycles. The molecule has 4 heteroatoms. The van der Waals surface area contributed by atoms with Gasteiger partial charge in [0.05, 0.1) is 0 Å². The second-order valence-electron chi connectivity index (χ2n) is 3.80. The lowest BCUT2D eigenvalue weighted by atomic mass is 10.0. The standard InChI is InChI=1S/C11H14Cl2N2/c12-9-2-1-8(11(13)6-9)5-10-7-14-3-4-15-10/h1-2,6,10,14-15H,3-5,7H2. The molecule has 2 N–H and O–H groups in total. The summed E-state index contributed by atoms with van der Waals surface area (Å²) in [7, 11) is 0. The highest BCUT2D eigenvalue weighted by Crippen LogP contribution is 2.22. The van der Waals surface area contributed by atoms with E-state index in [4.69, 9.17) is 23.2 Å². The van der Waals surface area contributed by atoms with Crippen molar-refractivity contribution in [2.75, 3.05) is 19.6 Å². The molecule has 1 fully saturated rings. The molecular weight excluding hydrogens is 231 g/mol. The number of hydrogen-bond donors (Lipinski definition) is 2. The summed E-state index contributed by atoms with van der Waals surface area (Å²) >= 11 is 12.0. The van der Waals surface area contributed by atoms with Crippen LogP contribution >= 0.6 is 23.2 Å². The van der Waals surface area contributed by atoms with Crippen molar-refractivity contribution in [3.8, 4) is 0 Å². The molecule has 0 radical (unpaired) electrons. The molecule has 82 valence electrons. The third kappa shape index (κ3) is 3.08. The van der Waals surface area contributed by atoms with Gasteiger partial charge in [0.25, 0.3) is 0 Å². The Kier molecular flexibility index (Phi) is 3.87. The van der Waals surface area contributed by atoms with Crippen LogP contribution in [0.1, 0.15) is 5.56 Å². The molecule has 2 rings (SSSR count). The van der Waals surface area contributed by atoms with E-state index in [1.54, 1.807) is 6.07 Å². The maximum Gasteiger partial charge on any atom is 0.0453 e. The predicted molar refractivity (Wildman–Crippen MR) is 64.8 cm³/mol. The van der Waals surface area contributed by atoms with Gasteiger partial charge in [0.2, 0.25) is 0 Å². The molecule has 1 atom stereocenters. The van der Waals surface area contributed by atoms with Crippen LogP contribution in [0.2, 0.25) is 10.0 Å². The summed E-state index contributed by atoms with van der Waals surface area (Å²) in [5.74, 6) is 0. The Hall–Kier alpha value is -0.280. The molecule has 0 spiro atoms. The minimum Gasteiger partial charge on any atom is -0.314 e. The van der Waals surface area contributed by atoms with Crippen LogP contribution in [-0.2, 0) is 6.42 Å². The average molecular weight is 245 g/mol. The van der Waals surface area contributed by atoms with E-state index in [2.05, 4.69) is 10.6 Å². The van der Waals surface area contributed by atoms with Crippen LogP contribution < -0.4 is 10.6 Å². The quantitative estimate of drug-likeness (QED) is 0.833. The monoisotopic (exact) mass is 244 g/mol. The van der Waals surface area contributed by atoms with Crippen molar-refractivity contribution in [1.29, 1.82) is 0 Å². The van der Waals surface area contributed by atoms with Crippen LogP contribution in [0.4, 0.5) is 0 Å². The first-order chi connectivity index (χ1) is 7.25. The van der Waals surface area contributed by atoms with Gasteiger partial charge in [-0.05, 0) is 24.1 Å². The van der Waals surface area contributed by atoms with E-state index in [0.717, 1.165) is 36.6 Å². The molecule has 0 amide bonds. The molecule has 0 aliphatic carbocycles. The zero-order valence-electron chi connectivity index (χ0n) is 8.39. The number of hydrogen-bond acceptors (Lipinski definition) is 2. The molecular formula is C11H14Cl2N2. The van der Waals surface area contributed by atoms with E-state index in [9.17, 15) is 0 Å². The van der Waals surface area contributed by atoms with Crippen molar-refractivity contribution < 1.29 is 0 Å². The molecule has 1 unspecified atom stereocenters. The summed E-state index contributed by atoms with van der Waals surface area (Å²) in [6.45, 7) is 3.07. The topological polar surface area (TPSA) is 24.1 Å². The van der Waals surface area contributed by atoms with Crippen molar-refractivity contribution in [1.82, 2.24) is 10.6 Å². The van der Waals surface area contributed by atoms with E-state index in [0.29, 0.717) is 11.1 Å². The van der Waals surface area contributed by atoms with Gasteiger partial charge in [0.15, 0.2) is 0 Å². The lowest BCUT2D eigenvalue weighted by molar-refractivity contribution is 0.417. The normalized spacial score (nSPS) is 21.6. The van der Waals surface area contributed by atoms with Gasteiger partial charge in [-0.2, -0.15) is 0 Å². The number of piperazine rings is 1. The Morgan fingerprint density at radius 1 is 1.27 bits per heavy atom. The zero-order chi connectivity index (χ0) is 10.7. The van der Waals surface area contributed by atoms with E-state index in [1.807, 2.05) is 12.1 Å². The lowest BCUT2D eigenvalue weighted by Gasteiger charge is -2.24. The predicted octanol–water partition coefficient (Wildman–Crippen LogP) is 2.10. The Morgan fingerprint density at radius 2 is 2.13 bits per heavy atom. The Morgan fingerprint density at radius 3 is 2.80 bits per heavy atom. The van der Waals surface area contributed by atoms with Gasteiger partial charge in [-0.3, -0.25) is 0 Å². The summed E-state index contributed by atoms with van der Waals surface area (Å²) < 4.78 is 0. The molecule has 15 heavy (non-hydrogen) atoms. The summed E-state index contributed by atoms with van der Waals surface area (Å²) in [6.07, 6.45) is 0.947. The van der Waals surface area contributed by atoms with E-state index < -0.39 is 0 Å². The first kappa shape index (κ1) is 11.2. The SMILES string of the molecule is Clc1ccc(CC2CNCCN2)c(Cl)c1. The molecule has 0 saturated carbocycles. The van der Waals surface area contributed by atoms with Gasteiger partial charge >= 0.3 is 0 Å². The maximum atomic E-state index is 6.12. The fraction of sp³-hybridized carbons (Fsp3) is 0.455. The van der Waals surface area contributed by atoms with Crippen LogP contribution in [0.3, 0.4) is 0 Å². The van der Waals surface area contributed by atoms with Crippen molar-refractivity contribution >= 4 is 23.2 Å². The minimum atomic E-state index is 0.470. The molecule has 1 aromatic carbocycles. The largest absolute Gasteiger partial charge is 0.314 e. The smallest absolute Gasteiger partial charge is 0.0453 e. The van der Waals surface area contributed by atoms with E-state index >= 15 is 0 Å². The number of rotatable bonds is 2. The Bertz CT molecular complexity index is 335. The van der Waals surface area contributed by atoms with Gasteiger partial charge in [0.1, 0.15) is 0 Å². The molecule has 1 aliphatic heterocycles. The lowest BCUT2D eigenvalue weighted by Crippen LogP contribution is -2.49. The molecule has 0 aromatic heterocycles. The molecule has 0 bridgehead atoms. The van der Waals surface area contributed by atoms with Gasteiger partial charge in [-0.15, -0.1) is 0 Å². The third-order valence-corrected chi connectivity index (χ3v) is 3.19. The van der Waals surface area contributed by atoms with Crippen molar-refractivity contribution in [3.63, 3.8) is 0 Å². The fourth-order valence-electron chi connectivity index (χ4n) is 1.81. The van der Waals surface area contributed by atoms with Crippen LogP contribution in [0.25, 0.3) is 0 Å². The average Bonchev–Trinajstić information content (AvgIpc) is 2.24. The third-order valence-electron chi connectivity index (χ3n) is 2.61. The number of halogens is 2. The van der Waals surface area contributed by atoms with Gasteiger partial charge in [0, 0.05) is 35.7 Å². The summed E-state index contributed by atoms with van der Waals surface area (Å²) in [5, 5.41) is 8.26. The highest BCUT2D eigenvalue weighted by atomic mass is 35.5. The van der Waals surface area contributed by atoms with Crippen LogP contribution in [0.15, 0.2) is 18.2 Å². The van der Waals surface area contributed by atoms with Crippen molar-refractivity contribution in [2.24, 2.45) is 0 Å². The van der Waals surface area contributed by atoms with Gasteiger partial charge < -0.3 is 10.6 Å². The first-order valence-electron chi connectivity index (χ1n) is 5.14. The summed E-state index contributed by atoms with van der Waals surface area (Å²) in [5.41, 5.74) is 1.15. The fourth-order valence-corrected chi connectivity index (χ4v) is 2.30. The molecule has 1 aromatic rings. The van der Waals surface area contributed by atoms with E-state index in [1.165, 1.54) is 0 Å². The molecule has 1 saturated heterocycles. The molecule has 1 aliphatic rings. The number of nitrogens with one attached hydrogen (secondary N) is 2. The highest BCUT2D eigenvalue weighted by Gasteiger charge is 2.13. The Balaban J connectivity index is 2.03. The Labute approximate surface area is 100.0 Å². The van der Waals surface area contributed by atoms with Gasteiger partial charge in [-0.25, -0.2) is 0 Å². The summed E-state index contributed by atoms with van der Waals surface area (Å²) in [6, 6.07) is 6.16. The van der Waals surface area contributed by atoms with Crippen molar-refractivity contribution in [3.05, 3.63) is 33.8 Å². The minimum absolute atomic E-state index is 0.470. The van der Waals surface area contributed by atoms with Crippen molar-refractivity contribution in [2.45, 2.75) is 12.5 Å². The van der Waals surface area contributed by atoms with E-state index in [-0.39, 0.29) is 0 Å². The summed E-state index contributed by atoms with van der Waals surface area (Å²) in [4.78, 5) is 0. The first-order valence-corrected chi connectivity index (χ1v) is 5.89. The second-order valence-corrected chi connectivity index (χ2v) is 4.64. The van der Waals surface area contributed by atoms with Crippen LogP contribution in [0.5, 0.6) is 0 Å². The zero-order valence-corrected chi connectivity index (χ0v) is 9.91. The van der Waals surface area contributed by atoms with Gasteiger partial charge in [-0.1, -0.05) is 29.3 Å². The van der Waals surface area contributed by atoms with Crippen LogP contribution in [0, 0.1) is 0 Å². The highest BCUT2D eigenvalue weighted by molar-refractivity contribution is 6.35. The number of benzene rings is 1. The molecule has 2 nitrogen and oxygen atoms in total. The van der Waals surface area contributed by atoms with Crippen LogP contribution in [-0.4, -0.2) is 25.7 Å². The maximum absolute atomic E-state index is 6.12.